The Morgan fingerprint density at radius 1 is 0.633 bits per heavy atom. The van der Waals surface area contributed by atoms with Gasteiger partial charge in [-0.3, -0.25) is 4.84 Å². The van der Waals surface area contributed by atoms with Gasteiger partial charge in [0.15, 0.2) is 5.54 Å². The third-order valence-electron chi connectivity index (χ3n) is 5.59. The quantitative estimate of drug-likeness (QED) is 0.418. The highest BCUT2D eigenvalue weighted by Crippen LogP contribution is 2.50. The van der Waals surface area contributed by atoms with Crippen molar-refractivity contribution in [2.45, 2.75) is 5.54 Å². The Balaban J connectivity index is 1.90. The lowest BCUT2D eigenvalue weighted by atomic mass is 9.78. The van der Waals surface area contributed by atoms with E-state index >= 15 is 0 Å². The van der Waals surface area contributed by atoms with Crippen LogP contribution in [0.4, 0.5) is 11.4 Å². The van der Waals surface area contributed by atoms with E-state index < -0.39 is 5.54 Å². The van der Waals surface area contributed by atoms with Crippen molar-refractivity contribution in [3.8, 4) is 0 Å². The monoisotopic (exact) mass is 390 g/mol. The Labute approximate surface area is 176 Å². The molecular weight excluding hydrogens is 368 g/mol. The van der Waals surface area contributed by atoms with E-state index in [1.807, 2.05) is 53.6 Å². The van der Waals surface area contributed by atoms with Crippen LogP contribution in [-0.4, -0.2) is 12.8 Å². The fourth-order valence-corrected chi connectivity index (χ4v) is 4.36. The summed E-state index contributed by atoms with van der Waals surface area (Å²) in [6, 6.07) is 39.3. The Bertz CT molecular complexity index is 1130. The Hall–Kier alpha value is -3.69. The van der Waals surface area contributed by atoms with Crippen LogP contribution in [0.1, 0.15) is 16.7 Å². The van der Waals surface area contributed by atoms with Crippen molar-refractivity contribution in [1.29, 1.82) is 0 Å². The van der Waals surface area contributed by atoms with E-state index in [9.17, 15) is 0 Å². The fourth-order valence-electron chi connectivity index (χ4n) is 4.36. The van der Waals surface area contributed by atoms with E-state index in [-0.39, 0.29) is 0 Å². The molecule has 30 heavy (non-hydrogen) atoms. The summed E-state index contributed by atoms with van der Waals surface area (Å²) in [5, 5.41) is 1.99. The number of aliphatic imine (C=N–C) groups is 1. The second kappa shape index (κ2) is 7.62. The number of anilines is 1. The number of fused-ring (bicyclic) bond motifs is 1. The average molecular weight is 390 g/mol. The number of rotatable bonds is 4. The number of benzene rings is 4. The molecule has 146 valence electrons. The summed E-state index contributed by atoms with van der Waals surface area (Å²) in [7, 11) is 1.73. The molecule has 3 heteroatoms. The fraction of sp³-hybridized carbons (Fsp3) is 0.0741. The predicted octanol–water partition coefficient (Wildman–Crippen LogP) is 6.13. The Morgan fingerprint density at radius 2 is 1.13 bits per heavy atom. The molecule has 4 aromatic rings. The van der Waals surface area contributed by atoms with Gasteiger partial charge in [0.05, 0.1) is 24.2 Å². The number of para-hydroxylation sites is 2. The molecule has 1 aliphatic rings. The molecule has 0 atom stereocenters. The minimum Gasteiger partial charge on any atom is -0.275 e. The molecule has 0 saturated carbocycles. The standard InChI is InChI=1S/C27H22N2O/c1-30-29-25-20-12-11-19-24(25)26(28-23-17-9-4-10-18-23)27(29,21-13-5-2-6-14-21)22-15-7-3-8-16-22/h2-20H,1H3. The zero-order valence-corrected chi connectivity index (χ0v) is 16.8. The van der Waals surface area contributed by atoms with Gasteiger partial charge in [0.25, 0.3) is 0 Å². The van der Waals surface area contributed by atoms with Crippen molar-refractivity contribution >= 4 is 17.1 Å². The maximum absolute atomic E-state index is 6.08. The van der Waals surface area contributed by atoms with Gasteiger partial charge in [-0.15, -0.1) is 0 Å². The summed E-state index contributed by atoms with van der Waals surface area (Å²) >= 11 is 0. The lowest BCUT2D eigenvalue weighted by Crippen LogP contribution is -2.48. The molecule has 0 fully saturated rings. The number of hydroxylamine groups is 1. The summed E-state index contributed by atoms with van der Waals surface area (Å²) in [6.45, 7) is 0. The molecular formula is C27H22N2O. The molecule has 3 nitrogen and oxygen atoms in total. The highest BCUT2D eigenvalue weighted by Gasteiger charge is 2.53. The molecule has 0 spiro atoms. The topological polar surface area (TPSA) is 24.8 Å². The molecule has 0 unspecified atom stereocenters. The van der Waals surface area contributed by atoms with Crippen molar-refractivity contribution < 1.29 is 4.84 Å². The van der Waals surface area contributed by atoms with Crippen molar-refractivity contribution in [3.63, 3.8) is 0 Å². The lowest BCUT2D eigenvalue weighted by Gasteiger charge is -2.39. The maximum atomic E-state index is 6.08. The van der Waals surface area contributed by atoms with Crippen molar-refractivity contribution in [1.82, 2.24) is 0 Å². The third kappa shape index (κ3) is 2.75. The van der Waals surface area contributed by atoms with E-state index in [1.54, 1.807) is 7.11 Å². The number of hydrogen-bond donors (Lipinski definition) is 0. The number of nitrogens with zero attached hydrogens (tertiary/aromatic N) is 2. The first kappa shape index (κ1) is 18.3. The zero-order valence-electron chi connectivity index (χ0n) is 16.8. The van der Waals surface area contributed by atoms with Crippen LogP contribution in [0.2, 0.25) is 0 Å². The van der Waals surface area contributed by atoms with Crippen LogP contribution in [0.25, 0.3) is 0 Å². The van der Waals surface area contributed by atoms with Gasteiger partial charge in [0, 0.05) is 5.56 Å². The van der Waals surface area contributed by atoms with Gasteiger partial charge in [-0.2, -0.15) is 0 Å². The van der Waals surface area contributed by atoms with Crippen molar-refractivity contribution in [2.75, 3.05) is 12.2 Å². The normalized spacial score (nSPS) is 15.9. The van der Waals surface area contributed by atoms with Crippen LogP contribution in [0.15, 0.2) is 120 Å². The summed E-state index contributed by atoms with van der Waals surface area (Å²) in [5.74, 6) is 0. The van der Waals surface area contributed by atoms with Gasteiger partial charge in [-0.05, 0) is 29.3 Å². The van der Waals surface area contributed by atoms with E-state index in [1.165, 1.54) is 0 Å². The average Bonchev–Trinajstić information content (AvgIpc) is 3.11. The maximum Gasteiger partial charge on any atom is 0.160 e. The SMILES string of the molecule is CON1c2ccccc2C(=Nc2ccccc2)C1(c1ccccc1)c1ccccc1. The third-order valence-corrected chi connectivity index (χ3v) is 5.59. The Morgan fingerprint density at radius 3 is 1.70 bits per heavy atom. The van der Waals surface area contributed by atoms with Crippen LogP contribution in [-0.2, 0) is 10.4 Å². The van der Waals surface area contributed by atoms with E-state index in [0.717, 1.165) is 33.8 Å². The van der Waals surface area contributed by atoms with Crippen LogP contribution >= 0.6 is 0 Å². The molecule has 0 bridgehead atoms. The first-order valence-corrected chi connectivity index (χ1v) is 10.0. The molecule has 0 aromatic heterocycles. The van der Waals surface area contributed by atoms with Gasteiger partial charge >= 0.3 is 0 Å². The summed E-state index contributed by atoms with van der Waals surface area (Å²) in [4.78, 5) is 11.3. The van der Waals surface area contributed by atoms with Crippen LogP contribution < -0.4 is 5.06 Å². The minimum atomic E-state index is -0.712. The lowest BCUT2D eigenvalue weighted by molar-refractivity contribution is 0.136. The molecule has 0 saturated heterocycles. The zero-order chi connectivity index (χ0) is 20.4. The van der Waals surface area contributed by atoms with Crippen molar-refractivity contribution in [2.24, 2.45) is 4.99 Å². The van der Waals surface area contributed by atoms with Crippen molar-refractivity contribution in [3.05, 3.63) is 132 Å². The molecule has 1 heterocycles. The number of hydrogen-bond acceptors (Lipinski definition) is 3. The smallest absolute Gasteiger partial charge is 0.160 e. The van der Waals surface area contributed by atoms with Gasteiger partial charge in [0.2, 0.25) is 0 Å². The molecule has 5 rings (SSSR count). The highest BCUT2D eigenvalue weighted by atomic mass is 16.7. The molecule has 0 amide bonds. The minimum absolute atomic E-state index is 0.712. The first-order valence-electron chi connectivity index (χ1n) is 10.0. The van der Waals surface area contributed by atoms with E-state index in [2.05, 4.69) is 66.7 Å². The second-order valence-corrected chi connectivity index (χ2v) is 7.23. The molecule has 1 aliphatic heterocycles. The highest BCUT2D eigenvalue weighted by molar-refractivity contribution is 6.19. The Kier molecular flexibility index (Phi) is 4.66. The molecule has 0 radical (unpaired) electrons. The van der Waals surface area contributed by atoms with Gasteiger partial charge < -0.3 is 0 Å². The summed E-state index contributed by atoms with van der Waals surface area (Å²) < 4.78 is 0. The van der Waals surface area contributed by atoms with Crippen LogP contribution in [0.5, 0.6) is 0 Å². The predicted molar refractivity (Wildman–Crippen MR) is 122 cm³/mol. The summed E-state index contributed by atoms with van der Waals surface area (Å²) in [6.07, 6.45) is 0. The van der Waals surface area contributed by atoms with Crippen LogP contribution in [0.3, 0.4) is 0 Å². The largest absolute Gasteiger partial charge is 0.275 e. The molecule has 4 aromatic carbocycles. The molecule has 0 N–H and O–H groups in total. The first-order chi connectivity index (χ1) is 14.9. The van der Waals surface area contributed by atoms with E-state index in [4.69, 9.17) is 9.83 Å². The van der Waals surface area contributed by atoms with Gasteiger partial charge in [-0.1, -0.05) is 97.1 Å². The van der Waals surface area contributed by atoms with Crippen LogP contribution in [0, 0.1) is 0 Å². The van der Waals surface area contributed by atoms with Gasteiger partial charge in [0.1, 0.15) is 0 Å². The van der Waals surface area contributed by atoms with Gasteiger partial charge in [-0.25, -0.2) is 10.1 Å². The molecule has 0 aliphatic carbocycles. The second-order valence-electron chi connectivity index (χ2n) is 7.23. The summed E-state index contributed by atoms with van der Waals surface area (Å²) in [5.41, 5.74) is 5.42. The van der Waals surface area contributed by atoms with E-state index in [0.29, 0.717) is 0 Å².